The molecular weight excluding hydrogens is 376 g/mol. The molecule has 0 aliphatic rings. The van der Waals surface area contributed by atoms with Gasteiger partial charge in [0.2, 0.25) is 5.91 Å². The number of benzene rings is 2. The number of pyridine rings is 1. The van der Waals surface area contributed by atoms with Gasteiger partial charge in [-0.2, -0.15) is 0 Å². The van der Waals surface area contributed by atoms with E-state index in [2.05, 4.69) is 9.97 Å². The lowest BCUT2D eigenvalue weighted by molar-refractivity contribution is -0.131. The Hall–Kier alpha value is -3.48. The van der Waals surface area contributed by atoms with Crippen molar-refractivity contribution in [2.24, 2.45) is 0 Å². The van der Waals surface area contributed by atoms with Gasteiger partial charge in [0.15, 0.2) is 11.6 Å². The number of nitrogens with zero attached hydrogens (tertiary/aromatic N) is 1. The fraction of sp³-hybridized carbons (Fsp3) is 0.182. The zero-order valence-electron chi connectivity index (χ0n) is 15.9. The van der Waals surface area contributed by atoms with Crippen LogP contribution in [0.4, 0.5) is 8.78 Å². The van der Waals surface area contributed by atoms with Crippen LogP contribution in [0.5, 0.6) is 0 Å². The van der Waals surface area contributed by atoms with Gasteiger partial charge in [0.05, 0.1) is 17.8 Å². The first-order valence-corrected chi connectivity index (χ1v) is 9.18. The molecule has 0 fully saturated rings. The lowest BCUT2D eigenvalue weighted by Crippen LogP contribution is -2.31. The number of aromatic nitrogens is 2. The van der Waals surface area contributed by atoms with Crippen LogP contribution >= 0.6 is 0 Å². The van der Waals surface area contributed by atoms with Crippen molar-refractivity contribution in [3.63, 3.8) is 0 Å². The molecule has 2 N–H and O–H groups in total. The Morgan fingerprint density at radius 3 is 2.52 bits per heavy atom. The molecule has 0 saturated carbocycles. The summed E-state index contributed by atoms with van der Waals surface area (Å²) >= 11 is 0. The molecule has 5 nitrogen and oxygen atoms in total. The summed E-state index contributed by atoms with van der Waals surface area (Å²) in [4.78, 5) is 32.1. The summed E-state index contributed by atoms with van der Waals surface area (Å²) in [6.45, 7) is 1.78. The molecule has 0 aliphatic heterocycles. The molecule has 148 valence electrons. The second-order valence-corrected chi connectivity index (χ2v) is 7.12. The van der Waals surface area contributed by atoms with Crippen LogP contribution in [0.1, 0.15) is 24.2 Å². The Morgan fingerprint density at radius 2 is 1.79 bits per heavy atom. The Labute approximate surface area is 165 Å². The van der Waals surface area contributed by atoms with Gasteiger partial charge >= 0.3 is 0 Å². The summed E-state index contributed by atoms with van der Waals surface area (Å²) in [5, 5.41) is 1.35. The number of likely N-dealkylation sites (N-methyl/N-ethyl adjacent to an activating group) is 1. The number of para-hydroxylation sites is 1. The Morgan fingerprint density at radius 1 is 1.10 bits per heavy atom. The van der Waals surface area contributed by atoms with Crippen molar-refractivity contribution < 1.29 is 13.6 Å². The van der Waals surface area contributed by atoms with E-state index in [4.69, 9.17) is 0 Å². The predicted octanol–water partition coefficient (Wildman–Crippen LogP) is 4.05. The van der Waals surface area contributed by atoms with Gasteiger partial charge in [0, 0.05) is 24.5 Å². The number of amides is 1. The molecule has 0 bridgehead atoms. The van der Waals surface area contributed by atoms with Gasteiger partial charge in [0.25, 0.3) is 5.56 Å². The van der Waals surface area contributed by atoms with E-state index < -0.39 is 23.2 Å². The van der Waals surface area contributed by atoms with Gasteiger partial charge in [-0.25, -0.2) is 8.78 Å². The Balaban J connectivity index is 1.64. The molecule has 29 heavy (non-hydrogen) atoms. The molecule has 0 saturated heterocycles. The van der Waals surface area contributed by atoms with Crippen molar-refractivity contribution in [3.8, 4) is 0 Å². The first-order chi connectivity index (χ1) is 13.8. The number of carbonyl (C=O) groups is 1. The predicted molar refractivity (Wildman–Crippen MR) is 108 cm³/mol. The third-order valence-electron chi connectivity index (χ3n) is 5.33. The quantitative estimate of drug-likeness (QED) is 0.547. The number of hydrogen-bond acceptors (Lipinski definition) is 2. The van der Waals surface area contributed by atoms with Crippen LogP contribution in [0.15, 0.2) is 53.5 Å². The van der Waals surface area contributed by atoms with Gasteiger partial charge in [-0.05, 0) is 47.5 Å². The summed E-state index contributed by atoms with van der Waals surface area (Å²) < 4.78 is 27.4. The smallest absolute Gasteiger partial charge is 0.255 e. The van der Waals surface area contributed by atoms with Crippen LogP contribution in [0.25, 0.3) is 21.7 Å². The molecule has 2 heterocycles. The Bertz CT molecular complexity index is 1260. The number of aromatic amines is 2. The molecule has 4 aromatic rings. The van der Waals surface area contributed by atoms with E-state index >= 15 is 0 Å². The topological polar surface area (TPSA) is 69.0 Å². The van der Waals surface area contributed by atoms with Gasteiger partial charge < -0.3 is 14.9 Å². The SMILES string of the molecule is C[C@@H](c1c[nH]c(=O)c2cc(F)c(F)cc12)N(C)C(=O)Cc1cc2ccccc2[nH]1. The average molecular weight is 395 g/mol. The summed E-state index contributed by atoms with van der Waals surface area (Å²) in [6, 6.07) is 11.1. The first kappa shape index (κ1) is 18.9. The number of fused-ring (bicyclic) bond motifs is 2. The number of nitrogens with one attached hydrogen (secondary N) is 2. The second-order valence-electron chi connectivity index (χ2n) is 7.12. The number of H-pyrrole nitrogens is 2. The molecule has 1 atom stereocenters. The highest BCUT2D eigenvalue weighted by Crippen LogP contribution is 2.27. The molecule has 2 aromatic heterocycles. The van der Waals surface area contributed by atoms with E-state index in [9.17, 15) is 18.4 Å². The zero-order chi connectivity index (χ0) is 20.7. The summed E-state index contributed by atoms with van der Waals surface area (Å²) in [6.07, 6.45) is 1.61. The normalized spacial score (nSPS) is 12.4. The van der Waals surface area contributed by atoms with Crippen molar-refractivity contribution in [1.29, 1.82) is 0 Å². The molecule has 2 aromatic carbocycles. The monoisotopic (exact) mass is 395 g/mol. The average Bonchev–Trinajstić information content (AvgIpc) is 3.11. The van der Waals surface area contributed by atoms with Crippen LogP contribution in [0.2, 0.25) is 0 Å². The number of hydrogen-bond donors (Lipinski definition) is 2. The van der Waals surface area contributed by atoms with Crippen LogP contribution in [-0.2, 0) is 11.2 Å². The van der Waals surface area contributed by atoms with Crippen molar-refractivity contribution in [2.75, 3.05) is 7.05 Å². The lowest BCUT2D eigenvalue weighted by Gasteiger charge is -2.26. The fourth-order valence-corrected chi connectivity index (χ4v) is 3.56. The summed E-state index contributed by atoms with van der Waals surface area (Å²) in [5.74, 6) is -2.27. The molecule has 0 spiro atoms. The second kappa shape index (κ2) is 7.16. The maximum absolute atomic E-state index is 13.8. The highest BCUT2D eigenvalue weighted by atomic mass is 19.2. The van der Waals surface area contributed by atoms with Crippen molar-refractivity contribution in [1.82, 2.24) is 14.9 Å². The van der Waals surface area contributed by atoms with Crippen LogP contribution < -0.4 is 5.56 Å². The van der Waals surface area contributed by atoms with Crippen LogP contribution in [0, 0.1) is 11.6 Å². The zero-order valence-corrected chi connectivity index (χ0v) is 15.9. The third kappa shape index (κ3) is 3.40. The van der Waals surface area contributed by atoms with Crippen molar-refractivity contribution in [3.05, 3.63) is 81.9 Å². The van der Waals surface area contributed by atoms with E-state index in [0.717, 1.165) is 28.7 Å². The summed E-state index contributed by atoms with van der Waals surface area (Å²) in [5.41, 5.74) is 1.76. The van der Waals surface area contributed by atoms with Crippen molar-refractivity contribution in [2.45, 2.75) is 19.4 Å². The molecule has 1 amide bonds. The molecule has 0 unspecified atom stereocenters. The maximum Gasteiger partial charge on any atom is 0.255 e. The lowest BCUT2D eigenvalue weighted by atomic mass is 10.0. The third-order valence-corrected chi connectivity index (χ3v) is 5.33. The minimum atomic E-state index is -1.09. The minimum absolute atomic E-state index is 0.0460. The summed E-state index contributed by atoms with van der Waals surface area (Å²) in [7, 11) is 1.65. The van der Waals surface area contributed by atoms with E-state index in [1.165, 1.54) is 11.1 Å². The first-order valence-electron chi connectivity index (χ1n) is 9.18. The van der Waals surface area contributed by atoms with Gasteiger partial charge in [0.1, 0.15) is 0 Å². The van der Waals surface area contributed by atoms with E-state index in [1.54, 1.807) is 14.0 Å². The molecule has 4 rings (SSSR count). The van der Waals surface area contributed by atoms with E-state index in [0.29, 0.717) is 5.56 Å². The minimum Gasteiger partial charge on any atom is -0.358 e. The highest BCUT2D eigenvalue weighted by Gasteiger charge is 2.22. The molecule has 0 radical (unpaired) electrons. The maximum atomic E-state index is 13.8. The largest absolute Gasteiger partial charge is 0.358 e. The van der Waals surface area contributed by atoms with E-state index in [-0.39, 0.29) is 23.1 Å². The number of halogens is 2. The number of rotatable bonds is 4. The van der Waals surface area contributed by atoms with Gasteiger partial charge in [-0.1, -0.05) is 18.2 Å². The molecule has 0 aliphatic carbocycles. The Kier molecular flexibility index (Phi) is 4.66. The molecule has 7 heteroatoms. The highest BCUT2D eigenvalue weighted by molar-refractivity contribution is 5.87. The fourth-order valence-electron chi connectivity index (χ4n) is 3.56. The standard InChI is InChI=1S/C22H19F2N3O2/c1-12(17-11-25-22(29)16-10-19(24)18(23)9-15(16)17)27(2)21(28)8-14-7-13-5-3-4-6-20(13)26-14/h3-7,9-12,26H,8H2,1-2H3,(H,25,29)/t12-/m0/s1. The van der Waals surface area contributed by atoms with Crippen LogP contribution in [0.3, 0.4) is 0 Å². The van der Waals surface area contributed by atoms with E-state index in [1.807, 2.05) is 30.3 Å². The van der Waals surface area contributed by atoms with Gasteiger partial charge in [-0.15, -0.1) is 0 Å². The molecular formula is C22H19F2N3O2. The van der Waals surface area contributed by atoms with Crippen molar-refractivity contribution >= 4 is 27.6 Å². The van der Waals surface area contributed by atoms with Crippen LogP contribution in [-0.4, -0.2) is 27.8 Å². The number of carbonyl (C=O) groups excluding carboxylic acids is 1. The van der Waals surface area contributed by atoms with Gasteiger partial charge in [-0.3, -0.25) is 9.59 Å².